The fourth-order valence-corrected chi connectivity index (χ4v) is 2.06. The van der Waals surface area contributed by atoms with Crippen molar-refractivity contribution in [2.24, 2.45) is 0 Å². The molecule has 0 aliphatic rings. The second kappa shape index (κ2) is 7.79. The Kier molecular flexibility index (Phi) is 5.76. The molecule has 4 heteroatoms. The van der Waals surface area contributed by atoms with E-state index in [9.17, 15) is 9.18 Å². The molecule has 0 radical (unpaired) electrons. The Balaban J connectivity index is 1.99. The van der Waals surface area contributed by atoms with E-state index in [1.54, 1.807) is 36.4 Å². The second-order valence-corrected chi connectivity index (χ2v) is 5.04. The van der Waals surface area contributed by atoms with Crippen molar-refractivity contribution in [1.29, 1.82) is 0 Å². The highest BCUT2D eigenvalue weighted by Crippen LogP contribution is 2.17. The molecule has 2 aromatic rings. The minimum absolute atomic E-state index is 0.0480. The molecule has 110 valence electrons. The number of benzene rings is 2. The monoisotopic (exact) mass is 306 g/mol. The van der Waals surface area contributed by atoms with Crippen LogP contribution in [0.4, 0.5) is 4.39 Å². The van der Waals surface area contributed by atoms with Crippen LogP contribution in [-0.4, -0.2) is 11.7 Å². The van der Waals surface area contributed by atoms with Gasteiger partial charge < -0.3 is 4.74 Å². The quantitative estimate of drug-likeness (QED) is 0.552. The predicted octanol–water partition coefficient (Wildman–Crippen LogP) is 4.61. The summed E-state index contributed by atoms with van der Waals surface area (Å²) < 4.78 is 18.7. The molecule has 0 heterocycles. The summed E-state index contributed by atoms with van der Waals surface area (Å²) in [6.07, 6.45) is 1.09. The van der Waals surface area contributed by atoms with Gasteiger partial charge in [-0.1, -0.05) is 24.3 Å². The van der Waals surface area contributed by atoms with Gasteiger partial charge >= 0.3 is 0 Å². The standard InChI is InChI=1S/C17H16ClFO2/c18-9-3-8-17(20)14-5-2-7-16(11-14)21-12-13-4-1-6-15(19)10-13/h1-2,4-7,10-11H,3,8-9,12H2. The van der Waals surface area contributed by atoms with E-state index in [1.807, 2.05) is 0 Å². The van der Waals surface area contributed by atoms with Gasteiger partial charge in [-0.25, -0.2) is 4.39 Å². The third-order valence-corrected chi connectivity index (χ3v) is 3.26. The van der Waals surface area contributed by atoms with E-state index in [0.29, 0.717) is 30.0 Å². The van der Waals surface area contributed by atoms with E-state index >= 15 is 0 Å². The zero-order valence-electron chi connectivity index (χ0n) is 11.5. The number of rotatable bonds is 7. The Labute approximate surface area is 128 Å². The van der Waals surface area contributed by atoms with E-state index in [1.165, 1.54) is 12.1 Å². The zero-order valence-corrected chi connectivity index (χ0v) is 12.3. The van der Waals surface area contributed by atoms with E-state index < -0.39 is 0 Å². The average molecular weight is 307 g/mol. The van der Waals surface area contributed by atoms with Crippen LogP contribution in [0.1, 0.15) is 28.8 Å². The van der Waals surface area contributed by atoms with Crippen LogP contribution in [0.3, 0.4) is 0 Å². The van der Waals surface area contributed by atoms with Crippen molar-refractivity contribution in [2.75, 3.05) is 5.88 Å². The largest absolute Gasteiger partial charge is 0.489 e. The van der Waals surface area contributed by atoms with Crippen LogP contribution in [-0.2, 0) is 6.61 Å². The van der Waals surface area contributed by atoms with Crippen molar-refractivity contribution in [3.8, 4) is 5.75 Å². The van der Waals surface area contributed by atoms with Gasteiger partial charge in [0.2, 0.25) is 0 Å². The van der Waals surface area contributed by atoms with Gasteiger partial charge in [-0.2, -0.15) is 0 Å². The molecule has 0 amide bonds. The SMILES string of the molecule is O=C(CCCCl)c1cccc(OCc2cccc(F)c2)c1. The molecule has 0 aliphatic carbocycles. The Morgan fingerprint density at radius 1 is 1.14 bits per heavy atom. The van der Waals surface area contributed by atoms with Crippen LogP contribution >= 0.6 is 11.6 Å². The molecule has 0 fully saturated rings. The van der Waals surface area contributed by atoms with Crippen LogP contribution in [0, 0.1) is 5.82 Å². The van der Waals surface area contributed by atoms with Crippen LogP contribution < -0.4 is 4.74 Å². The minimum atomic E-state index is -0.291. The van der Waals surface area contributed by atoms with Crippen molar-refractivity contribution in [2.45, 2.75) is 19.4 Å². The van der Waals surface area contributed by atoms with Gasteiger partial charge in [-0.3, -0.25) is 4.79 Å². The molecule has 0 saturated carbocycles. The predicted molar refractivity (Wildman–Crippen MR) is 81.5 cm³/mol. The molecule has 0 N–H and O–H groups in total. The number of hydrogen-bond acceptors (Lipinski definition) is 2. The van der Waals surface area contributed by atoms with E-state index in [2.05, 4.69) is 0 Å². The summed E-state index contributed by atoms with van der Waals surface area (Å²) in [5.74, 6) is 0.825. The number of hydrogen-bond donors (Lipinski definition) is 0. The molecular formula is C17H16ClFO2. The molecule has 0 atom stereocenters. The van der Waals surface area contributed by atoms with Crippen molar-refractivity contribution < 1.29 is 13.9 Å². The van der Waals surface area contributed by atoms with Crippen molar-refractivity contribution >= 4 is 17.4 Å². The lowest BCUT2D eigenvalue weighted by molar-refractivity contribution is 0.0981. The summed E-state index contributed by atoms with van der Waals surface area (Å²) in [4.78, 5) is 11.9. The number of ketones is 1. The first-order valence-electron chi connectivity index (χ1n) is 6.75. The molecular weight excluding hydrogens is 291 g/mol. The van der Waals surface area contributed by atoms with Crippen LogP contribution in [0.5, 0.6) is 5.75 Å². The first kappa shape index (κ1) is 15.5. The number of carbonyl (C=O) groups excluding carboxylic acids is 1. The maximum Gasteiger partial charge on any atom is 0.163 e. The molecule has 0 bridgehead atoms. The van der Waals surface area contributed by atoms with Gasteiger partial charge in [-0.15, -0.1) is 11.6 Å². The molecule has 21 heavy (non-hydrogen) atoms. The lowest BCUT2D eigenvalue weighted by atomic mass is 10.1. The van der Waals surface area contributed by atoms with Crippen molar-refractivity contribution in [3.05, 3.63) is 65.5 Å². The Hall–Kier alpha value is -1.87. The maximum atomic E-state index is 13.1. The topological polar surface area (TPSA) is 26.3 Å². The summed E-state index contributed by atoms with van der Waals surface area (Å²) in [5.41, 5.74) is 1.35. The molecule has 2 aromatic carbocycles. The number of carbonyl (C=O) groups is 1. The lowest BCUT2D eigenvalue weighted by Crippen LogP contribution is -2.01. The lowest BCUT2D eigenvalue weighted by Gasteiger charge is -2.08. The fourth-order valence-electron chi connectivity index (χ4n) is 1.92. The Morgan fingerprint density at radius 2 is 1.95 bits per heavy atom. The Morgan fingerprint density at radius 3 is 2.71 bits per heavy atom. The number of ether oxygens (including phenoxy) is 1. The highest BCUT2D eigenvalue weighted by atomic mass is 35.5. The smallest absolute Gasteiger partial charge is 0.163 e. The highest BCUT2D eigenvalue weighted by Gasteiger charge is 2.06. The summed E-state index contributed by atoms with van der Waals surface area (Å²) in [6.45, 7) is 0.261. The number of Topliss-reactive ketones (excluding diaryl/α,β-unsaturated/α-hetero) is 1. The number of halogens is 2. The fraction of sp³-hybridized carbons (Fsp3) is 0.235. The van der Waals surface area contributed by atoms with Crippen LogP contribution in [0.15, 0.2) is 48.5 Å². The van der Waals surface area contributed by atoms with Gasteiger partial charge in [0, 0.05) is 17.9 Å². The molecule has 0 spiro atoms. The van der Waals surface area contributed by atoms with Crippen molar-refractivity contribution in [3.63, 3.8) is 0 Å². The first-order valence-corrected chi connectivity index (χ1v) is 7.29. The van der Waals surface area contributed by atoms with Crippen molar-refractivity contribution in [1.82, 2.24) is 0 Å². The minimum Gasteiger partial charge on any atom is -0.489 e. The van der Waals surface area contributed by atoms with Gasteiger partial charge in [0.1, 0.15) is 18.2 Å². The summed E-state index contributed by atoms with van der Waals surface area (Å²) in [6, 6.07) is 13.3. The summed E-state index contributed by atoms with van der Waals surface area (Å²) in [7, 11) is 0. The van der Waals surface area contributed by atoms with E-state index in [0.717, 1.165) is 5.56 Å². The van der Waals surface area contributed by atoms with Gasteiger partial charge in [0.25, 0.3) is 0 Å². The van der Waals surface area contributed by atoms with Gasteiger partial charge in [-0.05, 0) is 36.2 Å². The maximum absolute atomic E-state index is 13.1. The average Bonchev–Trinajstić information content (AvgIpc) is 2.51. The zero-order chi connectivity index (χ0) is 15.1. The second-order valence-electron chi connectivity index (χ2n) is 4.66. The molecule has 0 aliphatic heterocycles. The third-order valence-electron chi connectivity index (χ3n) is 2.99. The Bertz CT molecular complexity index is 613. The summed E-state index contributed by atoms with van der Waals surface area (Å²) in [5, 5.41) is 0. The summed E-state index contributed by atoms with van der Waals surface area (Å²) >= 11 is 5.59. The molecule has 0 unspecified atom stereocenters. The third kappa shape index (κ3) is 4.87. The molecule has 0 saturated heterocycles. The van der Waals surface area contributed by atoms with E-state index in [4.69, 9.17) is 16.3 Å². The molecule has 2 rings (SSSR count). The first-order chi connectivity index (χ1) is 10.2. The molecule has 0 aromatic heterocycles. The normalized spacial score (nSPS) is 10.4. The highest BCUT2D eigenvalue weighted by molar-refractivity contribution is 6.18. The van der Waals surface area contributed by atoms with Crippen LogP contribution in [0.25, 0.3) is 0 Å². The van der Waals surface area contributed by atoms with E-state index in [-0.39, 0.29) is 18.2 Å². The van der Waals surface area contributed by atoms with Gasteiger partial charge in [0.05, 0.1) is 0 Å². The van der Waals surface area contributed by atoms with Crippen LogP contribution in [0.2, 0.25) is 0 Å². The molecule has 2 nitrogen and oxygen atoms in total. The number of alkyl halides is 1. The van der Waals surface area contributed by atoms with Gasteiger partial charge in [0.15, 0.2) is 5.78 Å².